The summed E-state index contributed by atoms with van der Waals surface area (Å²) in [6, 6.07) is 9.16. The van der Waals surface area contributed by atoms with E-state index < -0.39 is 5.97 Å². The van der Waals surface area contributed by atoms with Crippen molar-refractivity contribution in [1.29, 1.82) is 0 Å². The molecule has 0 spiro atoms. The largest absolute Gasteiger partial charge is 0.481 e. The zero-order valence-corrected chi connectivity index (χ0v) is 17.5. The lowest BCUT2D eigenvalue weighted by molar-refractivity contribution is -0.143. The molecule has 1 aromatic rings. The lowest BCUT2D eigenvalue weighted by Gasteiger charge is -2.48. The van der Waals surface area contributed by atoms with Crippen LogP contribution in [-0.2, 0) is 10.2 Å². The Labute approximate surface area is 165 Å². The lowest BCUT2D eigenvalue weighted by atomic mass is 9.56. The highest BCUT2D eigenvalue weighted by atomic mass is 16.4. The summed E-state index contributed by atoms with van der Waals surface area (Å²) in [6.45, 7) is 6.86. The smallest absolute Gasteiger partial charge is 0.306 e. The number of rotatable bonds is 6. The van der Waals surface area contributed by atoms with E-state index in [1.807, 2.05) is 0 Å². The molecule has 150 valence electrons. The molecule has 1 unspecified atom stereocenters. The summed E-state index contributed by atoms with van der Waals surface area (Å²) in [4.78, 5) is 11.5. The molecule has 3 rings (SSSR count). The normalized spacial score (nSPS) is 32.8. The summed E-state index contributed by atoms with van der Waals surface area (Å²) >= 11 is 0. The molecule has 27 heavy (non-hydrogen) atoms. The van der Waals surface area contributed by atoms with Gasteiger partial charge in [-0.15, -0.1) is 0 Å². The lowest BCUT2D eigenvalue weighted by Crippen LogP contribution is -2.42. The first-order valence-electron chi connectivity index (χ1n) is 11.2. The third-order valence-corrected chi connectivity index (χ3v) is 7.91. The molecule has 2 fully saturated rings. The first-order chi connectivity index (χ1) is 12.9. The van der Waals surface area contributed by atoms with Crippen LogP contribution in [0.1, 0.15) is 89.2 Å². The second-order valence-electron chi connectivity index (χ2n) is 9.60. The van der Waals surface area contributed by atoms with Crippen molar-refractivity contribution in [1.82, 2.24) is 0 Å². The fourth-order valence-corrected chi connectivity index (χ4v) is 5.88. The number of carboxylic acid groups (broad SMARTS) is 1. The molecule has 1 N–H and O–H groups in total. The molecule has 0 saturated heterocycles. The van der Waals surface area contributed by atoms with Gasteiger partial charge in [0.25, 0.3) is 0 Å². The van der Waals surface area contributed by atoms with Crippen molar-refractivity contribution >= 4 is 5.97 Å². The Kier molecular flexibility index (Phi) is 6.65. The minimum Gasteiger partial charge on any atom is -0.481 e. The SMILES string of the molecule is CCC(C)CC1CCC(C2(c3ccc(C)cc3)CCC(C(=O)O)CC2)CC1. The van der Waals surface area contributed by atoms with Crippen LogP contribution in [0.4, 0.5) is 0 Å². The number of carboxylic acids is 1. The van der Waals surface area contributed by atoms with Crippen LogP contribution in [0.15, 0.2) is 24.3 Å². The van der Waals surface area contributed by atoms with Gasteiger partial charge in [0.1, 0.15) is 0 Å². The molecule has 2 heteroatoms. The Balaban J connectivity index is 1.76. The molecular weight excluding hydrogens is 332 g/mol. The molecule has 0 radical (unpaired) electrons. The second kappa shape index (κ2) is 8.80. The number of aliphatic carboxylic acids is 1. The van der Waals surface area contributed by atoms with Gasteiger partial charge in [-0.25, -0.2) is 0 Å². The van der Waals surface area contributed by atoms with E-state index in [-0.39, 0.29) is 11.3 Å². The van der Waals surface area contributed by atoms with Crippen molar-refractivity contribution in [3.8, 4) is 0 Å². The number of hydrogen-bond acceptors (Lipinski definition) is 1. The van der Waals surface area contributed by atoms with Crippen LogP contribution in [0.2, 0.25) is 0 Å². The van der Waals surface area contributed by atoms with Crippen molar-refractivity contribution in [3.63, 3.8) is 0 Å². The van der Waals surface area contributed by atoms with E-state index in [1.54, 1.807) is 0 Å². The van der Waals surface area contributed by atoms with Crippen LogP contribution >= 0.6 is 0 Å². The van der Waals surface area contributed by atoms with Crippen molar-refractivity contribution in [2.24, 2.45) is 23.7 Å². The van der Waals surface area contributed by atoms with Gasteiger partial charge in [0.05, 0.1) is 5.92 Å². The standard InChI is InChI=1S/C25H38O2/c1-4-18(2)17-20-7-11-23(12-8-20)25(22-9-5-19(3)6-10-22)15-13-21(14-16-25)24(26)27/h5-6,9-10,18,20-21,23H,4,7-8,11-17H2,1-3H3,(H,26,27). The van der Waals surface area contributed by atoms with E-state index in [0.29, 0.717) is 0 Å². The van der Waals surface area contributed by atoms with Crippen LogP contribution in [0.3, 0.4) is 0 Å². The highest BCUT2D eigenvalue weighted by Gasteiger charge is 2.45. The van der Waals surface area contributed by atoms with Gasteiger partial charge >= 0.3 is 5.97 Å². The van der Waals surface area contributed by atoms with Gasteiger partial charge < -0.3 is 5.11 Å². The van der Waals surface area contributed by atoms with Gasteiger partial charge in [-0.3, -0.25) is 4.79 Å². The minimum atomic E-state index is -0.593. The molecule has 0 amide bonds. The highest BCUT2D eigenvalue weighted by Crippen LogP contribution is 2.52. The van der Waals surface area contributed by atoms with Crippen LogP contribution < -0.4 is 0 Å². The van der Waals surface area contributed by atoms with Gasteiger partial charge in [-0.05, 0) is 80.6 Å². The maximum atomic E-state index is 11.5. The molecular formula is C25H38O2. The van der Waals surface area contributed by atoms with Gasteiger partial charge in [-0.2, -0.15) is 0 Å². The first kappa shape index (κ1) is 20.4. The van der Waals surface area contributed by atoms with Crippen LogP contribution in [-0.4, -0.2) is 11.1 Å². The van der Waals surface area contributed by atoms with Crippen LogP contribution in [0, 0.1) is 30.6 Å². The van der Waals surface area contributed by atoms with E-state index >= 15 is 0 Å². The molecule has 1 atom stereocenters. The van der Waals surface area contributed by atoms with Gasteiger partial charge in [0.2, 0.25) is 0 Å². The van der Waals surface area contributed by atoms with Gasteiger partial charge in [0.15, 0.2) is 0 Å². The molecule has 2 aliphatic carbocycles. The molecule has 1 aromatic carbocycles. The molecule has 2 nitrogen and oxygen atoms in total. The average molecular weight is 371 g/mol. The minimum absolute atomic E-state index is 0.134. The predicted molar refractivity (Wildman–Crippen MR) is 112 cm³/mol. The van der Waals surface area contributed by atoms with Crippen molar-refractivity contribution in [3.05, 3.63) is 35.4 Å². The first-order valence-corrected chi connectivity index (χ1v) is 11.2. The maximum absolute atomic E-state index is 11.5. The molecule has 2 aliphatic rings. The third-order valence-electron chi connectivity index (χ3n) is 7.91. The number of benzene rings is 1. The topological polar surface area (TPSA) is 37.3 Å². The fourth-order valence-electron chi connectivity index (χ4n) is 5.88. The van der Waals surface area contributed by atoms with Gasteiger partial charge in [0, 0.05) is 0 Å². The molecule has 2 saturated carbocycles. The summed E-state index contributed by atoms with van der Waals surface area (Å²) in [6.07, 6.45) is 11.9. The Morgan fingerprint density at radius 1 is 1.07 bits per heavy atom. The number of carbonyl (C=O) groups is 1. The Morgan fingerprint density at radius 3 is 2.19 bits per heavy atom. The number of aryl methyl sites for hydroxylation is 1. The van der Waals surface area contributed by atoms with E-state index in [1.165, 1.54) is 49.7 Å². The zero-order valence-electron chi connectivity index (χ0n) is 17.5. The zero-order chi connectivity index (χ0) is 19.4. The molecule has 0 aliphatic heterocycles. The third kappa shape index (κ3) is 4.58. The fraction of sp³-hybridized carbons (Fsp3) is 0.720. The van der Waals surface area contributed by atoms with E-state index in [4.69, 9.17) is 0 Å². The van der Waals surface area contributed by atoms with E-state index in [0.717, 1.165) is 43.4 Å². The Hall–Kier alpha value is -1.31. The summed E-state index contributed by atoms with van der Waals surface area (Å²) < 4.78 is 0. The Bertz CT molecular complexity index is 602. The van der Waals surface area contributed by atoms with Crippen molar-refractivity contribution < 1.29 is 9.90 Å². The number of hydrogen-bond donors (Lipinski definition) is 1. The molecule has 0 aromatic heterocycles. The summed E-state index contributed by atoms with van der Waals surface area (Å²) in [7, 11) is 0. The maximum Gasteiger partial charge on any atom is 0.306 e. The summed E-state index contributed by atoms with van der Waals surface area (Å²) in [5, 5.41) is 9.47. The highest BCUT2D eigenvalue weighted by molar-refractivity contribution is 5.70. The molecule has 0 bridgehead atoms. The predicted octanol–water partition coefficient (Wildman–Crippen LogP) is 6.75. The quantitative estimate of drug-likeness (QED) is 0.601. The molecule has 0 heterocycles. The Morgan fingerprint density at radius 2 is 1.67 bits per heavy atom. The van der Waals surface area contributed by atoms with Crippen LogP contribution in [0.5, 0.6) is 0 Å². The van der Waals surface area contributed by atoms with Gasteiger partial charge in [-0.1, -0.05) is 62.9 Å². The van der Waals surface area contributed by atoms with E-state index in [9.17, 15) is 9.90 Å². The second-order valence-corrected chi connectivity index (χ2v) is 9.60. The average Bonchev–Trinajstić information content (AvgIpc) is 2.69. The summed E-state index contributed by atoms with van der Waals surface area (Å²) in [5.74, 6) is 1.75. The van der Waals surface area contributed by atoms with Crippen LogP contribution in [0.25, 0.3) is 0 Å². The van der Waals surface area contributed by atoms with E-state index in [2.05, 4.69) is 45.0 Å². The van der Waals surface area contributed by atoms with Crippen molar-refractivity contribution in [2.45, 2.75) is 90.4 Å². The monoisotopic (exact) mass is 370 g/mol. The van der Waals surface area contributed by atoms with Crippen molar-refractivity contribution in [2.75, 3.05) is 0 Å². The summed E-state index contributed by atoms with van der Waals surface area (Å²) in [5.41, 5.74) is 2.99.